The van der Waals surface area contributed by atoms with Gasteiger partial charge in [0.1, 0.15) is 18.1 Å². The molecule has 6 nitrogen and oxygen atoms in total. The van der Waals surface area contributed by atoms with Crippen molar-refractivity contribution in [2.45, 2.75) is 50.7 Å². The number of aliphatic hydroxyl groups is 1. The van der Waals surface area contributed by atoms with Crippen molar-refractivity contribution in [2.75, 3.05) is 52.0 Å². The molecule has 0 unspecified atom stereocenters. The van der Waals surface area contributed by atoms with Crippen molar-refractivity contribution in [1.29, 1.82) is 0 Å². The summed E-state index contributed by atoms with van der Waals surface area (Å²) in [6, 6.07) is 14.8. The third-order valence-corrected chi connectivity index (χ3v) is 7.20. The van der Waals surface area contributed by atoms with Gasteiger partial charge >= 0.3 is 0 Å². The van der Waals surface area contributed by atoms with Crippen LogP contribution >= 0.6 is 0 Å². The third kappa shape index (κ3) is 6.23. The van der Waals surface area contributed by atoms with E-state index >= 15 is 0 Å². The molecule has 4 rings (SSSR count). The maximum absolute atomic E-state index is 9.48. The van der Waals surface area contributed by atoms with E-state index < -0.39 is 0 Å². The van der Waals surface area contributed by atoms with Crippen molar-refractivity contribution in [3.63, 3.8) is 0 Å². The number of anilines is 1. The molecular weight excluding hydrogens is 430 g/mol. The average molecular weight is 470 g/mol. The quantitative estimate of drug-likeness (QED) is 0.478. The molecule has 0 spiro atoms. The molecule has 0 bridgehead atoms. The minimum atomic E-state index is 0.161. The van der Waals surface area contributed by atoms with Crippen LogP contribution in [0.25, 0.3) is 0 Å². The molecule has 1 saturated carbocycles. The topological polar surface area (TPSA) is 60.4 Å². The van der Waals surface area contributed by atoms with E-state index in [1.165, 1.54) is 11.1 Å². The van der Waals surface area contributed by atoms with E-state index in [1.54, 1.807) is 14.2 Å². The minimum Gasteiger partial charge on any atom is -0.497 e. The number of hydrogen-bond acceptors (Lipinski definition) is 6. The number of hydrogen-bond donors (Lipinski definition) is 1. The number of rotatable bonds is 11. The molecule has 1 N–H and O–H groups in total. The predicted octanol–water partition coefficient (Wildman–Crippen LogP) is 4.78. The van der Waals surface area contributed by atoms with Gasteiger partial charge in [0.2, 0.25) is 0 Å². The zero-order valence-electron chi connectivity index (χ0n) is 20.6. The molecule has 6 heteroatoms. The second-order valence-electron chi connectivity index (χ2n) is 9.40. The molecular formula is C28H39NO5. The highest BCUT2D eigenvalue weighted by Crippen LogP contribution is 2.40. The van der Waals surface area contributed by atoms with Crippen LogP contribution in [0, 0.1) is 5.92 Å². The van der Waals surface area contributed by atoms with E-state index in [0.717, 1.165) is 75.6 Å². The van der Waals surface area contributed by atoms with Crippen molar-refractivity contribution in [3.05, 3.63) is 53.6 Å². The van der Waals surface area contributed by atoms with Crippen LogP contribution in [0.4, 0.5) is 5.69 Å². The van der Waals surface area contributed by atoms with Crippen LogP contribution in [0.2, 0.25) is 0 Å². The van der Waals surface area contributed by atoms with Crippen LogP contribution in [0.5, 0.6) is 11.5 Å². The molecule has 1 aliphatic carbocycles. The second kappa shape index (κ2) is 12.4. The molecule has 2 aromatic carbocycles. The Kier molecular flexibility index (Phi) is 9.08. The van der Waals surface area contributed by atoms with E-state index in [4.69, 9.17) is 18.9 Å². The third-order valence-electron chi connectivity index (χ3n) is 7.20. The monoisotopic (exact) mass is 469 g/mol. The normalized spacial score (nSPS) is 22.2. The summed E-state index contributed by atoms with van der Waals surface area (Å²) in [7, 11) is 3.44. The first-order valence-electron chi connectivity index (χ1n) is 12.6. The fourth-order valence-electron chi connectivity index (χ4n) is 5.32. The van der Waals surface area contributed by atoms with Gasteiger partial charge in [-0.15, -0.1) is 0 Å². The van der Waals surface area contributed by atoms with E-state index in [2.05, 4.69) is 35.2 Å². The lowest BCUT2D eigenvalue weighted by Gasteiger charge is -2.36. The van der Waals surface area contributed by atoms with Gasteiger partial charge < -0.3 is 29.0 Å². The smallest absolute Gasteiger partial charge is 0.142 e. The number of benzene rings is 2. The highest BCUT2D eigenvalue weighted by atomic mass is 16.5. The summed E-state index contributed by atoms with van der Waals surface area (Å²) in [5.41, 5.74) is 3.62. The van der Waals surface area contributed by atoms with Crippen LogP contribution < -0.4 is 14.4 Å². The van der Waals surface area contributed by atoms with Crippen molar-refractivity contribution >= 4 is 5.69 Å². The van der Waals surface area contributed by atoms with Crippen molar-refractivity contribution in [3.8, 4) is 11.5 Å². The molecule has 0 aromatic heterocycles. The lowest BCUT2D eigenvalue weighted by Crippen LogP contribution is -2.34. The molecule has 1 fully saturated rings. The molecule has 3 atom stereocenters. The van der Waals surface area contributed by atoms with Gasteiger partial charge in [-0.1, -0.05) is 18.2 Å². The first-order chi connectivity index (χ1) is 16.7. The van der Waals surface area contributed by atoms with Crippen LogP contribution in [0.1, 0.15) is 49.1 Å². The number of methoxy groups -OCH3 is 2. The summed E-state index contributed by atoms with van der Waals surface area (Å²) in [5.74, 6) is 2.68. The van der Waals surface area contributed by atoms with E-state index in [9.17, 15) is 5.11 Å². The van der Waals surface area contributed by atoms with Gasteiger partial charge in [0.05, 0.1) is 32.1 Å². The fraction of sp³-hybridized carbons (Fsp3) is 0.571. The zero-order valence-corrected chi connectivity index (χ0v) is 20.6. The number of fused-ring (bicyclic) bond motifs is 1. The average Bonchev–Trinajstić information content (AvgIpc) is 2.88. The van der Waals surface area contributed by atoms with Gasteiger partial charge in [0.25, 0.3) is 0 Å². The summed E-state index contributed by atoms with van der Waals surface area (Å²) in [5, 5.41) is 9.48. The van der Waals surface area contributed by atoms with Crippen molar-refractivity contribution < 1.29 is 24.1 Å². The van der Waals surface area contributed by atoms with E-state index in [1.807, 2.05) is 12.1 Å². The summed E-state index contributed by atoms with van der Waals surface area (Å²) in [6.45, 7) is 4.18. The molecule has 0 amide bonds. The van der Waals surface area contributed by atoms with Gasteiger partial charge in [-0.05, 0) is 73.4 Å². The van der Waals surface area contributed by atoms with Gasteiger partial charge in [-0.2, -0.15) is 0 Å². The summed E-state index contributed by atoms with van der Waals surface area (Å²) in [6.07, 6.45) is 5.18. The summed E-state index contributed by atoms with van der Waals surface area (Å²) in [4.78, 5) is 2.39. The minimum absolute atomic E-state index is 0.161. The van der Waals surface area contributed by atoms with Gasteiger partial charge in [0.15, 0.2) is 0 Å². The molecule has 34 heavy (non-hydrogen) atoms. The standard InChI is InChI=1S/C28H39NO5/c1-31-16-3-13-29-14-17-33-28-11-5-22(19-26(28)29)20-34-27-10-4-21(12-15-30)18-25(27)23-6-8-24(32-2)9-7-23/h5-9,11,19,21,25,27,30H,3-4,10,12-18,20H2,1-2H3/t21-,25-,27+/m1/s1. The summed E-state index contributed by atoms with van der Waals surface area (Å²) >= 11 is 0. The van der Waals surface area contributed by atoms with Crippen molar-refractivity contribution in [1.82, 2.24) is 0 Å². The Bertz CT molecular complexity index is 887. The zero-order chi connectivity index (χ0) is 23.8. The SMILES string of the molecule is COCCCN1CCOc2ccc(CO[C@H]3CC[C@H](CCO)C[C@@H]3c3ccc(OC)cc3)cc21. The fourth-order valence-corrected chi connectivity index (χ4v) is 5.32. The molecule has 2 aliphatic rings. The largest absolute Gasteiger partial charge is 0.497 e. The second-order valence-corrected chi connectivity index (χ2v) is 9.40. The predicted molar refractivity (Wildman–Crippen MR) is 134 cm³/mol. The highest BCUT2D eigenvalue weighted by Gasteiger charge is 2.32. The van der Waals surface area contributed by atoms with Crippen LogP contribution in [-0.2, 0) is 16.1 Å². The highest BCUT2D eigenvalue weighted by molar-refractivity contribution is 5.61. The first-order valence-corrected chi connectivity index (χ1v) is 12.6. The van der Waals surface area contributed by atoms with E-state index in [-0.39, 0.29) is 12.7 Å². The van der Waals surface area contributed by atoms with E-state index in [0.29, 0.717) is 18.4 Å². The van der Waals surface area contributed by atoms with Crippen LogP contribution in [0.3, 0.4) is 0 Å². The molecule has 1 heterocycles. The first kappa shape index (κ1) is 24.8. The Hall–Kier alpha value is -2.28. The number of ether oxygens (including phenoxy) is 4. The molecule has 186 valence electrons. The van der Waals surface area contributed by atoms with Gasteiger partial charge in [-0.3, -0.25) is 0 Å². The molecule has 0 saturated heterocycles. The van der Waals surface area contributed by atoms with Crippen molar-refractivity contribution in [2.24, 2.45) is 5.92 Å². The maximum Gasteiger partial charge on any atom is 0.142 e. The Morgan fingerprint density at radius 1 is 1.09 bits per heavy atom. The van der Waals surface area contributed by atoms with Crippen LogP contribution in [0.15, 0.2) is 42.5 Å². The van der Waals surface area contributed by atoms with Crippen LogP contribution in [-0.4, -0.2) is 58.3 Å². The Morgan fingerprint density at radius 3 is 2.71 bits per heavy atom. The molecule has 0 radical (unpaired) electrons. The lowest BCUT2D eigenvalue weighted by atomic mass is 9.75. The Balaban J connectivity index is 1.44. The molecule has 2 aromatic rings. The number of aliphatic hydroxyl groups excluding tert-OH is 1. The Labute approximate surface area is 203 Å². The summed E-state index contributed by atoms with van der Waals surface area (Å²) < 4.78 is 23.0. The lowest BCUT2D eigenvalue weighted by molar-refractivity contribution is -0.0108. The Morgan fingerprint density at radius 2 is 1.94 bits per heavy atom. The van der Waals surface area contributed by atoms with Gasteiger partial charge in [-0.25, -0.2) is 0 Å². The van der Waals surface area contributed by atoms with Gasteiger partial charge in [0, 0.05) is 32.8 Å². The number of nitrogens with zero attached hydrogens (tertiary/aromatic N) is 1. The molecule has 1 aliphatic heterocycles. The maximum atomic E-state index is 9.48.